The van der Waals surface area contributed by atoms with Crippen LogP contribution in [0.2, 0.25) is 0 Å². The van der Waals surface area contributed by atoms with Gasteiger partial charge in [0.2, 0.25) is 0 Å². The van der Waals surface area contributed by atoms with Crippen molar-refractivity contribution >= 4 is 0 Å². The molecule has 0 saturated carbocycles. The first-order valence-electron chi connectivity index (χ1n) is 5.11. The molecule has 0 bridgehead atoms. The van der Waals surface area contributed by atoms with E-state index in [9.17, 15) is 13.2 Å². The second-order valence-electron chi connectivity index (χ2n) is 3.56. The Labute approximate surface area is 97.2 Å². The van der Waals surface area contributed by atoms with Crippen LogP contribution in [0.4, 0.5) is 13.2 Å². The Hall–Kier alpha value is -1.71. The highest BCUT2D eigenvalue weighted by molar-refractivity contribution is 5.32. The first kappa shape index (κ1) is 11.8. The summed E-state index contributed by atoms with van der Waals surface area (Å²) in [4.78, 5) is 0. The van der Waals surface area contributed by atoms with Gasteiger partial charge in [0.05, 0.1) is 5.56 Å². The minimum atomic E-state index is -4.31. The molecule has 0 spiro atoms. The lowest BCUT2D eigenvalue weighted by Gasteiger charge is -2.11. The highest BCUT2D eigenvalue weighted by atomic mass is 19.4. The molecule has 0 aromatic heterocycles. The van der Waals surface area contributed by atoms with E-state index in [0.29, 0.717) is 11.5 Å². The number of benzene rings is 1. The van der Waals surface area contributed by atoms with Crippen LogP contribution in [0.1, 0.15) is 12.0 Å². The van der Waals surface area contributed by atoms with Crippen molar-refractivity contribution in [1.29, 1.82) is 0 Å². The van der Waals surface area contributed by atoms with E-state index in [2.05, 4.69) is 0 Å². The highest BCUT2D eigenvalue weighted by Gasteiger charge is 2.30. The van der Waals surface area contributed by atoms with Crippen LogP contribution in [-0.4, -0.2) is 0 Å². The molecule has 1 aromatic rings. The van der Waals surface area contributed by atoms with E-state index in [4.69, 9.17) is 4.74 Å². The van der Waals surface area contributed by atoms with Crippen molar-refractivity contribution < 1.29 is 17.9 Å². The lowest BCUT2D eigenvalue weighted by molar-refractivity contribution is -0.137. The van der Waals surface area contributed by atoms with Crippen molar-refractivity contribution in [2.75, 3.05) is 0 Å². The van der Waals surface area contributed by atoms with E-state index >= 15 is 0 Å². The summed E-state index contributed by atoms with van der Waals surface area (Å²) in [6.45, 7) is 0. The summed E-state index contributed by atoms with van der Waals surface area (Å²) in [6, 6.07) is 4.65. The van der Waals surface area contributed by atoms with Crippen LogP contribution in [0.5, 0.6) is 5.75 Å². The summed E-state index contributed by atoms with van der Waals surface area (Å²) >= 11 is 0. The summed E-state index contributed by atoms with van der Waals surface area (Å²) in [5.74, 6) is 1.04. The third kappa shape index (κ3) is 3.12. The van der Waals surface area contributed by atoms with Crippen LogP contribution >= 0.6 is 0 Å². The summed E-state index contributed by atoms with van der Waals surface area (Å²) in [7, 11) is 0. The lowest BCUT2D eigenvalue weighted by Crippen LogP contribution is -2.04. The standard InChI is InChI=1S/C13H10F3O/c14-13(15,16)10-6-8-12(9-7-10)17-11-4-2-1-3-5-11/h1-2,4-9H,3H2. The Balaban J connectivity index is 2.08. The number of halogens is 3. The fraction of sp³-hybridized carbons (Fsp3) is 0.154. The van der Waals surface area contributed by atoms with Crippen molar-refractivity contribution in [3.63, 3.8) is 0 Å². The van der Waals surface area contributed by atoms with Crippen LogP contribution in [0, 0.1) is 6.42 Å². The summed E-state index contributed by atoms with van der Waals surface area (Å²) in [6.07, 6.45) is 3.89. The van der Waals surface area contributed by atoms with Gasteiger partial charge >= 0.3 is 6.18 Å². The molecule has 0 unspecified atom stereocenters. The SMILES string of the molecule is FC(F)(F)c1ccc(OC2=CC[CH]C=C2)cc1. The molecular formula is C13H10F3O. The monoisotopic (exact) mass is 239 g/mol. The molecule has 1 aromatic carbocycles. The smallest absolute Gasteiger partial charge is 0.416 e. The number of alkyl halides is 3. The van der Waals surface area contributed by atoms with Gasteiger partial charge in [-0.25, -0.2) is 0 Å². The predicted octanol–water partition coefficient (Wildman–Crippen LogP) is 4.13. The normalized spacial score (nSPS) is 15.6. The topological polar surface area (TPSA) is 9.23 Å². The molecular weight excluding hydrogens is 229 g/mol. The highest BCUT2D eigenvalue weighted by Crippen LogP contribution is 2.30. The molecule has 1 aliphatic carbocycles. The van der Waals surface area contributed by atoms with E-state index in [1.54, 1.807) is 6.08 Å². The third-order valence-corrected chi connectivity index (χ3v) is 2.27. The minimum absolute atomic E-state index is 0.399. The Morgan fingerprint density at radius 2 is 1.76 bits per heavy atom. The largest absolute Gasteiger partial charge is 0.458 e. The van der Waals surface area contributed by atoms with Crippen LogP contribution < -0.4 is 4.74 Å². The van der Waals surface area contributed by atoms with Crippen molar-refractivity contribution in [1.82, 2.24) is 0 Å². The maximum atomic E-state index is 12.3. The van der Waals surface area contributed by atoms with Crippen LogP contribution in [0.3, 0.4) is 0 Å². The van der Waals surface area contributed by atoms with Crippen LogP contribution in [0.25, 0.3) is 0 Å². The van der Waals surface area contributed by atoms with Crippen molar-refractivity contribution in [3.8, 4) is 5.75 Å². The van der Waals surface area contributed by atoms with Gasteiger partial charge in [-0.05, 0) is 49.3 Å². The molecule has 0 saturated heterocycles. The van der Waals surface area contributed by atoms with Crippen LogP contribution in [-0.2, 0) is 6.18 Å². The number of rotatable bonds is 2. The Morgan fingerprint density at radius 1 is 1.06 bits per heavy atom. The number of hydrogen-bond acceptors (Lipinski definition) is 1. The third-order valence-electron chi connectivity index (χ3n) is 2.27. The lowest BCUT2D eigenvalue weighted by atomic mass is 10.2. The van der Waals surface area contributed by atoms with E-state index in [1.165, 1.54) is 12.1 Å². The zero-order valence-corrected chi connectivity index (χ0v) is 8.87. The molecule has 0 heterocycles. The van der Waals surface area contributed by atoms with E-state index in [-0.39, 0.29) is 0 Å². The second kappa shape index (κ2) is 4.65. The van der Waals surface area contributed by atoms with Crippen molar-refractivity contribution in [3.05, 3.63) is 60.2 Å². The van der Waals surface area contributed by atoms with Crippen molar-refractivity contribution in [2.24, 2.45) is 0 Å². The average molecular weight is 239 g/mol. The molecule has 0 amide bonds. The molecule has 89 valence electrons. The Bertz CT molecular complexity index is 441. The predicted molar refractivity (Wildman–Crippen MR) is 58.2 cm³/mol. The average Bonchev–Trinajstić information content (AvgIpc) is 2.30. The fourth-order valence-electron chi connectivity index (χ4n) is 1.42. The molecule has 0 atom stereocenters. The molecule has 1 aliphatic rings. The van der Waals surface area contributed by atoms with Gasteiger partial charge in [-0.1, -0.05) is 6.08 Å². The molecule has 1 nitrogen and oxygen atoms in total. The molecule has 4 heteroatoms. The number of ether oxygens (including phenoxy) is 1. The molecule has 1 radical (unpaired) electrons. The van der Waals surface area contributed by atoms with E-state index in [1.807, 2.05) is 18.6 Å². The summed E-state index contributed by atoms with van der Waals surface area (Å²) in [5, 5.41) is 0. The minimum Gasteiger partial charge on any atom is -0.458 e. The maximum absolute atomic E-state index is 12.3. The van der Waals surface area contributed by atoms with E-state index in [0.717, 1.165) is 18.6 Å². The maximum Gasteiger partial charge on any atom is 0.416 e. The quantitative estimate of drug-likeness (QED) is 0.753. The number of hydrogen-bond donors (Lipinski definition) is 0. The van der Waals surface area contributed by atoms with Crippen LogP contribution in [0.15, 0.2) is 48.3 Å². The molecule has 0 fully saturated rings. The summed E-state index contributed by atoms with van der Waals surface area (Å²) in [5.41, 5.74) is -0.675. The fourth-order valence-corrected chi connectivity index (χ4v) is 1.42. The molecule has 17 heavy (non-hydrogen) atoms. The zero-order chi connectivity index (χ0) is 12.3. The van der Waals surface area contributed by atoms with Gasteiger partial charge in [-0.3, -0.25) is 0 Å². The summed E-state index contributed by atoms with van der Waals surface area (Å²) < 4.78 is 42.3. The number of allylic oxidation sites excluding steroid dienone is 3. The van der Waals surface area contributed by atoms with Gasteiger partial charge in [-0.15, -0.1) is 0 Å². The van der Waals surface area contributed by atoms with Gasteiger partial charge in [0.1, 0.15) is 11.5 Å². The van der Waals surface area contributed by atoms with Crippen molar-refractivity contribution in [2.45, 2.75) is 12.6 Å². The molecule has 0 N–H and O–H groups in total. The van der Waals surface area contributed by atoms with Gasteiger partial charge in [0.25, 0.3) is 0 Å². The first-order valence-corrected chi connectivity index (χ1v) is 5.11. The van der Waals surface area contributed by atoms with Gasteiger partial charge in [-0.2, -0.15) is 13.2 Å². The molecule has 2 rings (SSSR count). The first-order chi connectivity index (χ1) is 8.05. The molecule has 0 aliphatic heterocycles. The van der Waals surface area contributed by atoms with Gasteiger partial charge < -0.3 is 4.74 Å². The zero-order valence-electron chi connectivity index (χ0n) is 8.87. The van der Waals surface area contributed by atoms with Gasteiger partial charge in [0, 0.05) is 0 Å². The van der Waals surface area contributed by atoms with E-state index < -0.39 is 11.7 Å². The van der Waals surface area contributed by atoms with Gasteiger partial charge in [0.15, 0.2) is 0 Å². The Kier molecular flexibility index (Phi) is 3.22. The second-order valence-corrected chi connectivity index (χ2v) is 3.56. The Morgan fingerprint density at radius 3 is 2.29 bits per heavy atom.